The minimum atomic E-state index is -1.20. The molecular weight excluding hydrogens is 356 g/mol. The molecule has 1 fully saturated rings. The molecule has 0 bridgehead atoms. The molecule has 0 saturated heterocycles. The summed E-state index contributed by atoms with van der Waals surface area (Å²) in [5.41, 5.74) is 0.255. The molecule has 3 rings (SSSR count). The molecule has 6 heteroatoms. The van der Waals surface area contributed by atoms with Crippen LogP contribution < -0.4 is 10.6 Å². The number of anilines is 1. The van der Waals surface area contributed by atoms with Crippen molar-refractivity contribution in [3.05, 3.63) is 65.7 Å². The van der Waals surface area contributed by atoms with Crippen LogP contribution in [0.4, 0.5) is 5.69 Å². The zero-order chi connectivity index (χ0) is 20.1. The minimum absolute atomic E-state index is 0.237. The smallest absolute Gasteiger partial charge is 0.329 e. The Balaban J connectivity index is 1.66. The van der Waals surface area contributed by atoms with Gasteiger partial charge < -0.3 is 15.7 Å². The maximum absolute atomic E-state index is 12.6. The zero-order valence-electron chi connectivity index (χ0n) is 15.8. The van der Waals surface area contributed by atoms with Crippen molar-refractivity contribution in [2.24, 2.45) is 5.92 Å². The van der Waals surface area contributed by atoms with Crippen LogP contribution in [-0.4, -0.2) is 28.4 Å². The first-order valence-electron chi connectivity index (χ1n) is 9.42. The summed E-state index contributed by atoms with van der Waals surface area (Å²) in [4.78, 5) is 36.6. The van der Waals surface area contributed by atoms with Gasteiger partial charge in [-0.25, -0.2) is 4.79 Å². The molecule has 3 N–H and O–H groups in total. The van der Waals surface area contributed by atoms with Gasteiger partial charge in [0.2, 0.25) is 0 Å². The fourth-order valence-corrected chi connectivity index (χ4v) is 3.43. The second kappa shape index (κ2) is 8.25. The Morgan fingerprint density at radius 3 is 2.04 bits per heavy atom. The predicted octanol–water partition coefficient (Wildman–Crippen LogP) is 3.70. The monoisotopic (exact) mass is 380 g/mol. The molecule has 2 amide bonds. The quantitative estimate of drug-likeness (QED) is 0.737. The van der Waals surface area contributed by atoms with Gasteiger partial charge in [0.15, 0.2) is 0 Å². The number of carboxylic acid groups (broad SMARTS) is 1. The maximum Gasteiger partial charge on any atom is 0.329 e. The second-order valence-electron chi connectivity index (χ2n) is 7.42. The third-order valence-corrected chi connectivity index (χ3v) is 5.33. The first-order valence-corrected chi connectivity index (χ1v) is 9.42. The highest BCUT2D eigenvalue weighted by Crippen LogP contribution is 2.32. The number of carbonyl (C=O) groups excluding carboxylic acids is 2. The topological polar surface area (TPSA) is 95.5 Å². The molecule has 0 heterocycles. The average Bonchev–Trinajstić information content (AvgIpc) is 2.71. The predicted molar refractivity (Wildman–Crippen MR) is 106 cm³/mol. The molecule has 0 radical (unpaired) electrons. The number of carboxylic acids is 1. The van der Waals surface area contributed by atoms with Crippen molar-refractivity contribution < 1.29 is 19.5 Å². The first-order chi connectivity index (χ1) is 13.4. The molecule has 1 saturated carbocycles. The molecule has 28 heavy (non-hydrogen) atoms. The number of amides is 2. The van der Waals surface area contributed by atoms with Gasteiger partial charge in [0.05, 0.1) is 0 Å². The van der Waals surface area contributed by atoms with Crippen LogP contribution in [0, 0.1) is 5.92 Å². The van der Waals surface area contributed by atoms with E-state index in [1.54, 1.807) is 48.5 Å². The van der Waals surface area contributed by atoms with Crippen LogP contribution in [-0.2, 0) is 4.79 Å². The highest BCUT2D eigenvalue weighted by Gasteiger charge is 2.42. The van der Waals surface area contributed by atoms with Crippen LogP contribution in [0.3, 0.4) is 0 Å². The Morgan fingerprint density at radius 1 is 0.893 bits per heavy atom. The molecule has 0 atom stereocenters. The number of rotatable bonds is 5. The van der Waals surface area contributed by atoms with Crippen LogP contribution >= 0.6 is 0 Å². The number of hydrogen-bond donors (Lipinski definition) is 3. The maximum atomic E-state index is 12.6. The van der Waals surface area contributed by atoms with Gasteiger partial charge in [-0.2, -0.15) is 0 Å². The standard InChI is InChI=1S/C22H24N2O4/c1-15-11-13-22(14-12-15,21(27)28)24-20(26)17-7-9-18(10-8-17)23-19(25)16-5-3-2-4-6-16/h2-10,15H,11-14H2,1H3,(H,23,25)(H,24,26)(H,27,28). The normalized spacial score (nSPS) is 21.5. The molecule has 0 unspecified atom stereocenters. The highest BCUT2D eigenvalue weighted by atomic mass is 16.4. The summed E-state index contributed by atoms with van der Waals surface area (Å²) >= 11 is 0. The Morgan fingerprint density at radius 2 is 1.46 bits per heavy atom. The van der Waals surface area contributed by atoms with Crippen molar-refractivity contribution >= 4 is 23.5 Å². The van der Waals surface area contributed by atoms with E-state index < -0.39 is 17.4 Å². The van der Waals surface area contributed by atoms with Crippen molar-refractivity contribution in [3.63, 3.8) is 0 Å². The Kier molecular flexibility index (Phi) is 5.78. The lowest BCUT2D eigenvalue weighted by Crippen LogP contribution is -2.56. The van der Waals surface area contributed by atoms with E-state index in [2.05, 4.69) is 17.6 Å². The third kappa shape index (κ3) is 4.39. The van der Waals surface area contributed by atoms with Crippen molar-refractivity contribution in [3.8, 4) is 0 Å². The van der Waals surface area contributed by atoms with E-state index in [0.29, 0.717) is 35.6 Å². The van der Waals surface area contributed by atoms with Crippen LogP contribution in [0.15, 0.2) is 54.6 Å². The van der Waals surface area contributed by atoms with Crippen molar-refractivity contribution in [2.75, 3.05) is 5.32 Å². The SMILES string of the molecule is CC1CCC(NC(=O)c2ccc(NC(=O)c3ccccc3)cc2)(C(=O)O)CC1. The lowest BCUT2D eigenvalue weighted by molar-refractivity contribution is -0.146. The fraction of sp³-hybridized carbons (Fsp3) is 0.318. The van der Waals surface area contributed by atoms with Crippen molar-refractivity contribution in [1.82, 2.24) is 5.32 Å². The Bertz CT molecular complexity index is 854. The van der Waals surface area contributed by atoms with E-state index >= 15 is 0 Å². The van der Waals surface area contributed by atoms with Crippen LogP contribution in [0.2, 0.25) is 0 Å². The summed E-state index contributed by atoms with van der Waals surface area (Å²) in [5.74, 6) is -1.17. The fourth-order valence-electron chi connectivity index (χ4n) is 3.43. The molecule has 0 aromatic heterocycles. The van der Waals surface area contributed by atoms with Gasteiger partial charge in [-0.3, -0.25) is 9.59 Å². The Hall–Kier alpha value is -3.15. The van der Waals surface area contributed by atoms with Gasteiger partial charge in [-0.15, -0.1) is 0 Å². The molecule has 0 aliphatic heterocycles. The average molecular weight is 380 g/mol. The molecule has 1 aliphatic rings. The molecule has 2 aromatic carbocycles. The minimum Gasteiger partial charge on any atom is -0.480 e. The van der Waals surface area contributed by atoms with Gasteiger partial charge in [0.25, 0.3) is 11.8 Å². The number of nitrogens with one attached hydrogen (secondary N) is 2. The van der Waals surface area contributed by atoms with Gasteiger partial charge in [0, 0.05) is 16.8 Å². The molecular formula is C22H24N2O4. The highest BCUT2D eigenvalue weighted by molar-refractivity contribution is 6.04. The van der Waals surface area contributed by atoms with Gasteiger partial charge in [-0.05, 0) is 68.0 Å². The molecule has 1 aliphatic carbocycles. The van der Waals surface area contributed by atoms with Crippen LogP contribution in [0.5, 0.6) is 0 Å². The van der Waals surface area contributed by atoms with E-state index in [-0.39, 0.29) is 5.91 Å². The molecule has 2 aromatic rings. The number of hydrogen-bond acceptors (Lipinski definition) is 3. The number of carbonyl (C=O) groups is 3. The van der Waals surface area contributed by atoms with Gasteiger partial charge >= 0.3 is 5.97 Å². The van der Waals surface area contributed by atoms with Crippen molar-refractivity contribution in [2.45, 2.75) is 38.1 Å². The third-order valence-electron chi connectivity index (χ3n) is 5.33. The summed E-state index contributed by atoms with van der Waals surface area (Å²) in [7, 11) is 0. The lowest BCUT2D eigenvalue weighted by Gasteiger charge is -2.36. The van der Waals surface area contributed by atoms with Gasteiger partial charge in [-0.1, -0.05) is 25.1 Å². The molecule has 6 nitrogen and oxygen atoms in total. The zero-order valence-corrected chi connectivity index (χ0v) is 15.8. The number of benzene rings is 2. The Labute approximate surface area is 164 Å². The van der Waals surface area contributed by atoms with Gasteiger partial charge in [0.1, 0.15) is 5.54 Å². The molecule has 146 valence electrons. The van der Waals surface area contributed by atoms with E-state index in [1.807, 2.05) is 6.07 Å². The van der Waals surface area contributed by atoms with E-state index in [0.717, 1.165) is 12.8 Å². The van der Waals surface area contributed by atoms with E-state index in [1.165, 1.54) is 0 Å². The summed E-state index contributed by atoms with van der Waals surface area (Å²) in [5, 5.41) is 15.2. The van der Waals surface area contributed by atoms with E-state index in [9.17, 15) is 19.5 Å². The largest absolute Gasteiger partial charge is 0.480 e. The van der Waals surface area contributed by atoms with Crippen molar-refractivity contribution in [1.29, 1.82) is 0 Å². The summed E-state index contributed by atoms with van der Waals surface area (Å²) in [6.45, 7) is 2.09. The molecule has 0 spiro atoms. The number of aliphatic carboxylic acids is 1. The first kappa shape index (κ1) is 19.6. The van der Waals surface area contributed by atoms with Crippen LogP contribution in [0.1, 0.15) is 53.3 Å². The van der Waals surface area contributed by atoms with Crippen LogP contribution in [0.25, 0.3) is 0 Å². The summed E-state index contributed by atoms with van der Waals surface area (Å²) < 4.78 is 0. The van der Waals surface area contributed by atoms with E-state index in [4.69, 9.17) is 0 Å². The lowest BCUT2D eigenvalue weighted by atomic mass is 9.77. The second-order valence-corrected chi connectivity index (χ2v) is 7.42. The summed E-state index contributed by atoms with van der Waals surface area (Å²) in [6.07, 6.45) is 2.41. The summed E-state index contributed by atoms with van der Waals surface area (Å²) in [6, 6.07) is 15.3.